The molecule has 21 heavy (non-hydrogen) atoms. The molecule has 0 fully saturated rings. The number of benzene rings is 1. The van der Waals surface area contributed by atoms with Crippen LogP contribution < -0.4 is 5.73 Å². The molecule has 0 unspecified atom stereocenters. The number of nitrogens with two attached hydrogens (primary N) is 1. The largest absolute Gasteiger partial charge is 0.465 e. The Bertz CT molecular complexity index is 631. The molecule has 0 bridgehead atoms. The Kier molecular flexibility index (Phi) is 6.00. The van der Waals surface area contributed by atoms with E-state index in [1.54, 1.807) is 20.8 Å². The Balaban J connectivity index is 3.19. The lowest BCUT2D eigenvalue weighted by molar-refractivity contribution is -0.143. The maximum absolute atomic E-state index is 12.6. The van der Waals surface area contributed by atoms with E-state index in [-0.39, 0.29) is 30.3 Å². The zero-order valence-corrected chi connectivity index (χ0v) is 13.8. The van der Waals surface area contributed by atoms with Crippen LogP contribution in [0, 0.1) is 6.92 Å². The third kappa shape index (κ3) is 4.09. The van der Waals surface area contributed by atoms with Gasteiger partial charge in [-0.1, -0.05) is 18.5 Å². The van der Waals surface area contributed by atoms with Crippen molar-refractivity contribution in [3.05, 3.63) is 22.7 Å². The van der Waals surface area contributed by atoms with Gasteiger partial charge in [-0.15, -0.1) is 0 Å². The van der Waals surface area contributed by atoms with Gasteiger partial charge in [0, 0.05) is 6.54 Å². The summed E-state index contributed by atoms with van der Waals surface area (Å²) in [6, 6.07) is 2.79. The third-order valence-electron chi connectivity index (χ3n) is 2.88. The molecule has 6 nitrogen and oxygen atoms in total. The van der Waals surface area contributed by atoms with Crippen molar-refractivity contribution in [1.82, 2.24) is 4.31 Å². The molecular weight excluding hydrogens is 316 g/mol. The van der Waals surface area contributed by atoms with Gasteiger partial charge >= 0.3 is 5.97 Å². The van der Waals surface area contributed by atoms with Gasteiger partial charge in [0.1, 0.15) is 6.54 Å². The van der Waals surface area contributed by atoms with Gasteiger partial charge in [-0.25, -0.2) is 8.42 Å². The van der Waals surface area contributed by atoms with E-state index in [1.165, 1.54) is 12.1 Å². The minimum absolute atomic E-state index is 0.0375. The van der Waals surface area contributed by atoms with Crippen molar-refractivity contribution in [3.63, 3.8) is 0 Å². The van der Waals surface area contributed by atoms with Gasteiger partial charge in [0.05, 0.1) is 22.2 Å². The minimum atomic E-state index is -3.84. The first-order valence-electron chi connectivity index (χ1n) is 6.45. The number of sulfonamides is 1. The minimum Gasteiger partial charge on any atom is -0.465 e. The van der Waals surface area contributed by atoms with Gasteiger partial charge in [0.2, 0.25) is 10.0 Å². The first-order valence-corrected chi connectivity index (χ1v) is 8.27. The van der Waals surface area contributed by atoms with Gasteiger partial charge in [0.15, 0.2) is 0 Å². The van der Waals surface area contributed by atoms with Crippen molar-refractivity contribution < 1.29 is 17.9 Å². The van der Waals surface area contributed by atoms with Crippen molar-refractivity contribution in [1.29, 1.82) is 0 Å². The monoisotopic (exact) mass is 334 g/mol. The molecule has 0 saturated heterocycles. The summed E-state index contributed by atoms with van der Waals surface area (Å²) in [6.07, 6.45) is 0. The van der Waals surface area contributed by atoms with E-state index in [9.17, 15) is 13.2 Å². The quantitative estimate of drug-likeness (QED) is 0.633. The number of hydrogen-bond acceptors (Lipinski definition) is 5. The van der Waals surface area contributed by atoms with E-state index in [2.05, 4.69) is 0 Å². The van der Waals surface area contributed by atoms with E-state index in [4.69, 9.17) is 22.1 Å². The van der Waals surface area contributed by atoms with Crippen molar-refractivity contribution in [2.45, 2.75) is 25.7 Å². The fourth-order valence-corrected chi connectivity index (χ4v) is 3.66. The lowest BCUT2D eigenvalue weighted by Gasteiger charge is -2.21. The fraction of sp³-hybridized carbons (Fsp3) is 0.462. The van der Waals surface area contributed by atoms with Crippen molar-refractivity contribution >= 4 is 33.3 Å². The summed E-state index contributed by atoms with van der Waals surface area (Å²) < 4.78 is 31.0. The Morgan fingerprint density at radius 1 is 1.38 bits per heavy atom. The summed E-state index contributed by atoms with van der Waals surface area (Å²) in [7, 11) is -3.84. The third-order valence-corrected chi connectivity index (χ3v) is 5.27. The number of nitrogen functional groups attached to an aromatic ring is 1. The highest BCUT2D eigenvalue weighted by Gasteiger charge is 2.27. The second kappa shape index (κ2) is 7.11. The summed E-state index contributed by atoms with van der Waals surface area (Å²) >= 11 is 5.87. The number of hydrogen-bond donors (Lipinski definition) is 1. The van der Waals surface area contributed by atoms with Crippen LogP contribution in [0.1, 0.15) is 19.4 Å². The number of ether oxygens (including phenoxy) is 1. The molecule has 0 saturated carbocycles. The summed E-state index contributed by atoms with van der Waals surface area (Å²) in [4.78, 5) is 11.6. The van der Waals surface area contributed by atoms with E-state index >= 15 is 0 Å². The van der Waals surface area contributed by atoms with Crippen LogP contribution in [-0.2, 0) is 19.6 Å². The molecule has 1 aromatic carbocycles. The summed E-state index contributed by atoms with van der Waals surface area (Å²) in [5.41, 5.74) is 6.31. The van der Waals surface area contributed by atoms with Gasteiger partial charge < -0.3 is 10.5 Å². The maximum atomic E-state index is 12.6. The number of nitrogens with zero attached hydrogens (tertiary/aromatic N) is 1. The van der Waals surface area contributed by atoms with Crippen LogP contribution in [0.3, 0.4) is 0 Å². The molecule has 2 N–H and O–H groups in total. The Hall–Kier alpha value is -1.31. The summed E-state index contributed by atoms with van der Waals surface area (Å²) in [5, 5.41) is 0.292. The topological polar surface area (TPSA) is 89.7 Å². The van der Waals surface area contributed by atoms with E-state index < -0.39 is 16.0 Å². The van der Waals surface area contributed by atoms with Crippen LogP contribution in [-0.4, -0.2) is 38.4 Å². The SMILES string of the molecule is CCOC(=O)CN(CC)S(=O)(=O)c1cc(N)c(Cl)cc1C. The fourth-order valence-electron chi connectivity index (χ4n) is 1.80. The number of carbonyl (C=O) groups is 1. The van der Waals surface area contributed by atoms with Crippen LogP contribution in [0.15, 0.2) is 17.0 Å². The van der Waals surface area contributed by atoms with Crippen LogP contribution in [0.25, 0.3) is 0 Å². The second-order valence-electron chi connectivity index (χ2n) is 4.38. The van der Waals surface area contributed by atoms with Crippen molar-refractivity contribution in [2.24, 2.45) is 0 Å². The number of anilines is 1. The Morgan fingerprint density at radius 3 is 2.52 bits per heavy atom. The molecule has 0 spiro atoms. The molecule has 0 heterocycles. The lowest BCUT2D eigenvalue weighted by atomic mass is 10.2. The molecule has 0 radical (unpaired) electrons. The van der Waals surface area contributed by atoms with Crippen LogP contribution in [0.5, 0.6) is 0 Å². The zero-order valence-electron chi connectivity index (χ0n) is 12.2. The summed E-state index contributed by atoms with van der Waals surface area (Å²) in [6.45, 7) is 4.93. The first kappa shape index (κ1) is 17.7. The molecule has 1 aromatic rings. The van der Waals surface area contributed by atoms with E-state index in [0.717, 1.165) is 4.31 Å². The number of rotatable bonds is 6. The van der Waals surface area contributed by atoms with Crippen LogP contribution in [0.4, 0.5) is 5.69 Å². The number of aryl methyl sites for hydroxylation is 1. The molecule has 0 aliphatic carbocycles. The Morgan fingerprint density at radius 2 is 2.00 bits per heavy atom. The molecule has 0 amide bonds. The maximum Gasteiger partial charge on any atom is 0.321 e. The van der Waals surface area contributed by atoms with Crippen molar-refractivity contribution in [2.75, 3.05) is 25.4 Å². The average Bonchev–Trinajstić information content (AvgIpc) is 2.40. The zero-order chi connectivity index (χ0) is 16.2. The van der Waals surface area contributed by atoms with Crippen LogP contribution >= 0.6 is 11.6 Å². The molecule has 118 valence electrons. The van der Waals surface area contributed by atoms with Gasteiger partial charge in [-0.2, -0.15) is 4.31 Å². The number of esters is 1. The van der Waals surface area contributed by atoms with E-state index in [0.29, 0.717) is 10.6 Å². The highest BCUT2D eigenvalue weighted by Crippen LogP contribution is 2.28. The smallest absolute Gasteiger partial charge is 0.321 e. The molecule has 1 rings (SSSR count). The number of halogens is 1. The highest BCUT2D eigenvalue weighted by molar-refractivity contribution is 7.89. The standard InChI is InChI=1S/C13H19ClN2O4S/c1-4-16(8-13(17)20-5-2)21(18,19)12-7-11(15)10(14)6-9(12)3/h6-7H,4-5,8,15H2,1-3H3. The molecular formula is C13H19ClN2O4S. The molecule has 8 heteroatoms. The van der Waals surface area contributed by atoms with Gasteiger partial charge in [-0.05, 0) is 31.5 Å². The number of likely N-dealkylation sites (N-methyl/N-ethyl adjacent to an activating group) is 1. The normalized spacial score (nSPS) is 11.7. The predicted octanol–water partition coefficient (Wildman–Crippen LogP) is 1.80. The van der Waals surface area contributed by atoms with Gasteiger partial charge in [0.25, 0.3) is 0 Å². The van der Waals surface area contributed by atoms with Crippen LogP contribution in [0.2, 0.25) is 5.02 Å². The average molecular weight is 335 g/mol. The lowest BCUT2D eigenvalue weighted by Crippen LogP contribution is -2.36. The number of carbonyl (C=O) groups excluding carboxylic acids is 1. The molecule has 0 aromatic heterocycles. The predicted molar refractivity (Wildman–Crippen MR) is 81.7 cm³/mol. The first-order chi connectivity index (χ1) is 9.73. The Labute approximate surface area is 129 Å². The van der Waals surface area contributed by atoms with Crippen molar-refractivity contribution in [3.8, 4) is 0 Å². The van der Waals surface area contributed by atoms with E-state index in [1.807, 2.05) is 0 Å². The molecule has 0 atom stereocenters. The molecule has 0 aliphatic heterocycles. The van der Waals surface area contributed by atoms with Gasteiger partial charge in [-0.3, -0.25) is 4.79 Å². The summed E-state index contributed by atoms with van der Waals surface area (Å²) in [5.74, 6) is -0.595. The highest BCUT2D eigenvalue weighted by atomic mass is 35.5. The molecule has 0 aliphatic rings. The second-order valence-corrected chi connectivity index (χ2v) is 6.69.